The molecule has 0 N–H and O–H groups in total. The Bertz CT molecular complexity index is 3300. The standard InChI is InChI=1S/C61H46N2/c1-3-41-27-32-46(33-28-41)62(44-17-7-5-8-18-44)48-36-38-49-43(39-48)31-37-54-59-53-24-12-11-23-52(53)58(63(45-19-9-6-10-20-45)47-34-29-42(4-2)30-35-47)40-57(59)61(60(49)54)55-25-15-13-21-50(55)51-22-14-16-26-56(51)61/h5-40H,3-4H2,1-2H3. The largest absolute Gasteiger partial charge is 0.310 e. The van der Waals surface area contributed by atoms with Crippen LogP contribution in [0.2, 0.25) is 0 Å². The summed E-state index contributed by atoms with van der Waals surface area (Å²) in [6.45, 7) is 4.44. The molecular weight excluding hydrogens is 761 g/mol. The molecule has 2 nitrogen and oxygen atoms in total. The fraction of sp³-hybridized carbons (Fsp3) is 0.0820. The molecule has 1 spiro atoms. The third-order valence-corrected chi connectivity index (χ3v) is 13.8. The van der Waals surface area contributed by atoms with Crippen LogP contribution in [-0.2, 0) is 18.3 Å². The molecule has 2 aliphatic carbocycles. The van der Waals surface area contributed by atoms with Crippen LogP contribution < -0.4 is 9.80 Å². The van der Waals surface area contributed by atoms with Gasteiger partial charge in [0.05, 0.1) is 11.1 Å². The van der Waals surface area contributed by atoms with Gasteiger partial charge in [0.2, 0.25) is 0 Å². The molecule has 12 rings (SSSR count). The molecule has 0 fully saturated rings. The number of hydrogen-bond donors (Lipinski definition) is 0. The van der Waals surface area contributed by atoms with Gasteiger partial charge in [0, 0.05) is 33.8 Å². The average Bonchev–Trinajstić information content (AvgIpc) is 3.83. The maximum absolute atomic E-state index is 2.55. The van der Waals surface area contributed by atoms with E-state index in [0.29, 0.717) is 0 Å². The van der Waals surface area contributed by atoms with E-state index in [2.05, 4.69) is 242 Å². The van der Waals surface area contributed by atoms with Crippen molar-refractivity contribution in [3.63, 3.8) is 0 Å². The van der Waals surface area contributed by atoms with E-state index in [1.807, 2.05) is 0 Å². The van der Waals surface area contributed by atoms with Gasteiger partial charge in [0.25, 0.3) is 0 Å². The van der Waals surface area contributed by atoms with Crippen molar-refractivity contribution in [1.29, 1.82) is 0 Å². The van der Waals surface area contributed by atoms with Gasteiger partial charge in [-0.2, -0.15) is 0 Å². The van der Waals surface area contributed by atoms with Crippen LogP contribution in [0, 0.1) is 0 Å². The Morgan fingerprint density at radius 3 is 1.44 bits per heavy atom. The van der Waals surface area contributed by atoms with Crippen molar-refractivity contribution in [3.05, 3.63) is 252 Å². The molecule has 0 unspecified atom stereocenters. The third-order valence-electron chi connectivity index (χ3n) is 13.8. The SMILES string of the molecule is CCc1ccc(N(c2ccccc2)c2ccc3c4c(ccc3c2)-c2c(cc(N(c3ccccc3)c3ccc(CC)cc3)c3ccccc23)C42c3ccccc3-c3ccccc32)cc1. The van der Waals surface area contributed by atoms with E-state index < -0.39 is 5.41 Å². The second-order valence-electron chi connectivity index (χ2n) is 17.0. The highest BCUT2D eigenvalue weighted by Crippen LogP contribution is 2.66. The van der Waals surface area contributed by atoms with Gasteiger partial charge in [-0.25, -0.2) is 0 Å². The number of fused-ring (bicyclic) bond motifs is 14. The van der Waals surface area contributed by atoms with Crippen molar-refractivity contribution in [1.82, 2.24) is 0 Å². The predicted molar refractivity (Wildman–Crippen MR) is 266 cm³/mol. The van der Waals surface area contributed by atoms with Gasteiger partial charge in [-0.15, -0.1) is 0 Å². The van der Waals surface area contributed by atoms with Crippen LogP contribution in [0.5, 0.6) is 0 Å². The summed E-state index contributed by atoms with van der Waals surface area (Å²) in [6.07, 6.45) is 2.01. The first-order valence-corrected chi connectivity index (χ1v) is 22.4. The fourth-order valence-electron chi connectivity index (χ4n) is 10.9. The zero-order chi connectivity index (χ0) is 42.1. The molecule has 0 bridgehead atoms. The van der Waals surface area contributed by atoms with Crippen molar-refractivity contribution in [2.75, 3.05) is 9.80 Å². The van der Waals surface area contributed by atoms with E-state index in [9.17, 15) is 0 Å². The molecule has 2 heteroatoms. The summed E-state index contributed by atoms with van der Waals surface area (Å²) in [5, 5.41) is 4.98. The van der Waals surface area contributed by atoms with Gasteiger partial charge in [0.15, 0.2) is 0 Å². The Hall–Kier alpha value is -7.68. The minimum Gasteiger partial charge on any atom is -0.310 e. The van der Waals surface area contributed by atoms with E-state index in [0.717, 1.165) is 41.3 Å². The minimum absolute atomic E-state index is 0.568. The molecule has 0 amide bonds. The summed E-state index contributed by atoms with van der Waals surface area (Å²) in [5.41, 5.74) is 19.5. The number of anilines is 6. The summed E-state index contributed by atoms with van der Waals surface area (Å²) < 4.78 is 0. The predicted octanol–water partition coefficient (Wildman–Crippen LogP) is 16.4. The first kappa shape index (κ1) is 37.1. The van der Waals surface area contributed by atoms with Crippen LogP contribution in [-0.4, -0.2) is 0 Å². The Balaban J connectivity index is 1.17. The van der Waals surface area contributed by atoms with Gasteiger partial charge in [-0.05, 0) is 151 Å². The van der Waals surface area contributed by atoms with Crippen molar-refractivity contribution in [3.8, 4) is 22.3 Å². The number of aryl methyl sites for hydroxylation is 2. The Kier molecular flexibility index (Phi) is 8.69. The lowest BCUT2D eigenvalue weighted by molar-refractivity contribution is 0.802. The Morgan fingerprint density at radius 2 is 0.841 bits per heavy atom. The van der Waals surface area contributed by atoms with Gasteiger partial charge < -0.3 is 9.80 Å². The number of para-hydroxylation sites is 2. The maximum Gasteiger partial charge on any atom is 0.0732 e. The van der Waals surface area contributed by atoms with Crippen LogP contribution in [0.25, 0.3) is 43.8 Å². The topological polar surface area (TPSA) is 6.48 Å². The zero-order valence-corrected chi connectivity index (χ0v) is 35.6. The van der Waals surface area contributed by atoms with Crippen LogP contribution >= 0.6 is 0 Å². The van der Waals surface area contributed by atoms with Gasteiger partial charge >= 0.3 is 0 Å². The van der Waals surface area contributed by atoms with Crippen molar-refractivity contribution in [2.45, 2.75) is 32.1 Å². The molecule has 0 aromatic heterocycles. The number of rotatable bonds is 8. The second kappa shape index (κ2) is 14.8. The molecule has 0 atom stereocenters. The Labute approximate surface area is 370 Å². The molecule has 0 saturated heterocycles. The average molecular weight is 807 g/mol. The lowest BCUT2D eigenvalue weighted by Gasteiger charge is -2.34. The van der Waals surface area contributed by atoms with E-state index in [1.54, 1.807) is 0 Å². The minimum atomic E-state index is -0.568. The van der Waals surface area contributed by atoms with E-state index in [4.69, 9.17) is 0 Å². The van der Waals surface area contributed by atoms with Crippen LogP contribution in [0.4, 0.5) is 34.1 Å². The normalized spacial score (nSPS) is 12.9. The van der Waals surface area contributed by atoms with E-state index in [1.165, 1.54) is 82.9 Å². The van der Waals surface area contributed by atoms with E-state index >= 15 is 0 Å². The highest BCUT2D eigenvalue weighted by atomic mass is 15.1. The summed E-state index contributed by atoms with van der Waals surface area (Å²) in [6, 6.07) is 81.7. The van der Waals surface area contributed by atoms with Crippen molar-refractivity contribution >= 4 is 55.7 Å². The molecule has 63 heavy (non-hydrogen) atoms. The molecule has 10 aromatic carbocycles. The number of hydrogen-bond acceptors (Lipinski definition) is 2. The number of benzene rings is 10. The van der Waals surface area contributed by atoms with Crippen LogP contribution in [0.1, 0.15) is 47.2 Å². The van der Waals surface area contributed by atoms with Gasteiger partial charge in [0.1, 0.15) is 0 Å². The van der Waals surface area contributed by atoms with E-state index in [-0.39, 0.29) is 0 Å². The summed E-state index contributed by atoms with van der Waals surface area (Å²) in [4.78, 5) is 4.86. The molecule has 10 aromatic rings. The van der Waals surface area contributed by atoms with Gasteiger partial charge in [-0.1, -0.05) is 166 Å². The molecule has 0 aliphatic heterocycles. The first-order chi connectivity index (χ1) is 31.2. The zero-order valence-electron chi connectivity index (χ0n) is 35.6. The molecule has 300 valence electrons. The highest BCUT2D eigenvalue weighted by Gasteiger charge is 2.53. The summed E-state index contributed by atoms with van der Waals surface area (Å²) >= 11 is 0. The molecule has 2 aliphatic rings. The monoisotopic (exact) mass is 806 g/mol. The molecule has 0 radical (unpaired) electrons. The Morgan fingerprint density at radius 1 is 0.349 bits per heavy atom. The highest BCUT2D eigenvalue weighted by molar-refractivity contribution is 6.15. The second-order valence-corrected chi connectivity index (χ2v) is 17.0. The lowest BCUT2D eigenvalue weighted by Crippen LogP contribution is -2.26. The van der Waals surface area contributed by atoms with Crippen molar-refractivity contribution in [2.24, 2.45) is 0 Å². The third kappa shape index (κ3) is 5.57. The quantitative estimate of drug-likeness (QED) is 0.151. The van der Waals surface area contributed by atoms with Gasteiger partial charge in [-0.3, -0.25) is 0 Å². The van der Waals surface area contributed by atoms with Crippen LogP contribution in [0.3, 0.4) is 0 Å². The summed E-state index contributed by atoms with van der Waals surface area (Å²) in [7, 11) is 0. The first-order valence-electron chi connectivity index (χ1n) is 22.4. The molecular formula is C61H46N2. The fourth-order valence-corrected chi connectivity index (χ4v) is 10.9. The smallest absolute Gasteiger partial charge is 0.0732 e. The molecule has 0 heterocycles. The summed E-state index contributed by atoms with van der Waals surface area (Å²) in [5.74, 6) is 0. The van der Waals surface area contributed by atoms with Crippen LogP contribution in [0.15, 0.2) is 218 Å². The molecule has 0 saturated carbocycles. The maximum atomic E-state index is 2.55. The van der Waals surface area contributed by atoms with Crippen molar-refractivity contribution < 1.29 is 0 Å². The lowest BCUT2D eigenvalue weighted by atomic mass is 9.69. The number of nitrogens with zero attached hydrogens (tertiary/aromatic N) is 2.